The van der Waals surface area contributed by atoms with E-state index in [0.717, 1.165) is 36.6 Å². The maximum atomic E-state index is 6.27. The van der Waals surface area contributed by atoms with Crippen molar-refractivity contribution in [3.63, 3.8) is 0 Å². The Kier molecular flexibility index (Phi) is 10.9. The van der Waals surface area contributed by atoms with E-state index >= 15 is 0 Å². The fourth-order valence-electron chi connectivity index (χ4n) is 4.38. The Morgan fingerprint density at radius 3 is 1.91 bits per heavy atom. The molecular formula is C24H37Cl2N7. The first kappa shape index (κ1) is 25.9. The summed E-state index contributed by atoms with van der Waals surface area (Å²) in [6.45, 7) is 2.87. The largest absolute Gasteiger partial charge is 0.324 e. The van der Waals surface area contributed by atoms with Gasteiger partial charge in [0.1, 0.15) is 23.5 Å². The van der Waals surface area contributed by atoms with Crippen LogP contribution in [0, 0.1) is 6.92 Å². The third-order valence-electron chi connectivity index (χ3n) is 6.31. The second kappa shape index (κ2) is 13.9. The second-order valence-electron chi connectivity index (χ2n) is 8.97. The number of aromatic nitrogens is 7. The van der Waals surface area contributed by atoms with Crippen molar-refractivity contribution in [1.82, 2.24) is 34.3 Å². The molecule has 7 nitrogen and oxygen atoms in total. The van der Waals surface area contributed by atoms with Gasteiger partial charge in [-0.25, -0.2) is 9.97 Å². The second-order valence-corrected chi connectivity index (χ2v) is 9.67. The van der Waals surface area contributed by atoms with Crippen LogP contribution in [0.5, 0.6) is 0 Å². The topological polar surface area (TPSA) is 74.3 Å². The molecule has 0 aliphatic rings. The number of aryl methyl sites for hydroxylation is 4. The molecule has 3 aromatic heterocycles. The Hall–Kier alpha value is -1.73. The highest BCUT2D eigenvalue weighted by atomic mass is 35.5. The lowest BCUT2D eigenvalue weighted by Crippen LogP contribution is -2.01. The van der Waals surface area contributed by atoms with Gasteiger partial charge in [-0.3, -0.25) is 0 Å². The fourth-order valence-corrected chi connectivity index (χ4v) is 4.86. The number of fused-ring (bicyclic) bond motifs is 1. The Labute approximate surface area is 207 Å². The number of halogens is 2. The van der Waals surface area contributed by atoms with Crippen LogP contribution in [0.4, 0.5) is 0 Å². The van der Waals surface area contributed by atoms with Gasteiger partial charge in [0, 0.05) is 20.0 Å². The Balaban J connectivity index is 1.14. The number of nitrogens with zero attached hydrogens (tertiary/aromatic N) is 7. The summed E-state index contributed by atoms with van der Waals surface area (Å²) in [5.74, 6) is 2.01. The van der Waals surface area contributed by atoms with Crippen molar-refractivity contribution in [2.45, 2.75) is 103 Å². The third kappa shape index (κ3) is 8.21. The smallest absolute Gasteiger partial charge is 0.225 e. The number of hydrogen-bond acceptors (Lipinski definition) is 5. The molecule has 0 saturated heterocycles. The van der Waals surface area contributed by atoms with Gasteiger partial charge in [0.2, 0.25) is 5.28 Å². The van der Waals surface area contributed by atoms with Gasteiger partial charge in [-0.05, 0) is 31.4 Å². The van der Waals surface area contributed by atoms with Gasteiger partial charge < -0.3 is 9.13 Å². The van der Waals surface area contributed by atoms with Crippen LogP contribution >= 0.6 is 23.2 Å². The van der Waals surface area contributed by atoms with Crippen molar-refractivity contribution in [2.24, 2.45) is 7.05 Å². The van der Waals surface area contributed by atoms with E-state index in [1.807, 2.05) is 18.5 Å². The van der Waals surface area contributed by atoms with Crippen molar-refractivity contribution < 1.29 is 0 Å². The summed E-state index contributed by atoms with van der Waals surface area (Å²) in [7, 11) is 2.02. The van der Waals surface area contributed by atoms with Gasteiger partial charge in [-0.2, -0.15) is 4.98 Å². The summed E-state index contributed by atoms with van der Waals surface area (Å²) >= 11 is 12.2. The van der Waals surface area contributed by atoms with E-state index in [1.165, 1.54) is 77.0 Å². The molecular weight excluding hydrogens is 457 g/mol. The summed E-state index contributed by atoms with van der Waals surface area (Å²) in [6.07, 6.45) is 19.8. The van der Waals surface area contributed by atoms with Gasteiger partial charge >= 0.3 is 0 Å². The molecule has 0 amide bonds. The Morgan fingerprint density at radius 2 is 1.33 bits per heavy atom. The van der Waals surface area contributed by atoms with Crippen molar-refractivity contribution >= 4 is 34.4 Å². The number of unbranched alkanes of at least 4 members (excludes halogenated alkanes) is 12. The van der Waals surface area contributed by atoms with E-state index in [0.29, 0.717) is 10.8 Å². The van der Waals surface area contributed by atoms with Gasteiger partial charge in [0.05, 0.1) is 0 Å². The standard InChI is InChI=1S/C24H37Cl2N7/c1-19-28-23-21(22(25)29-24(26)30-23)33(19)17-15-13-11-9-7-5-3-4-6-8-10-12-14-16-20-31-27-18-32(20)2/h18H,3-17H2,1-2H3. The predicted molar refractivity (Wildman–Crippen MR) is 135 cm³/mol. The molecule has 3 rings (SSSR count). The van der Waals surface area contributed by atoms with E-state index in [1.54, 1.807) is 6.33 Å². The summed E-state index contributed by atoms with van der Waals surface area (Å²) in [5, 5.41) is 8.60. The highest BCUT2D eigenvalue weighted by molar-refractivity contribution is 6.35. The maximum Gasteiger partial charge on any atom is 0.225 e. The van der Waals surface area contributed by atoms with Crippen molar-refractivity contribution in [3.8, 4) is 0 Å². The quantitative estimate of drug-likeness (QED) is 0.123. The molecule has 0 spiro atoms. The van der Waals surface area contributed by atoms with Crippen LogP contribution in [0.1, 0.15) is 95.1 Å². The minimum Gasteiger partial charge on any atom is -0.324 e. The molecule has 182 valence electrons. The third-order valence-corrected chi connectivity index (χ3v) is 6.74. The minimum absolute atomic E-state index is 0.145. The first-order valence-corrected chi connectivity index (χ1v) is 13.2. The van der Waals surface area contributed by atoms with Crippen molar-refractivity contribution in [2.75, 3.05) is 0 Å². The van der Waals surface area contributed by atoms with Crippen LogP contribution in [-0.4, -0.2) is 34.3 Å². The molecule has 9 heteroatoms. The van der Waals surface area contributed by atoms with E-state index in [4.69, 9.17) is 23.2 Å². The van der Waals surface area contributed by atoms with Crippen LogP contribution in [0.15, 0.2) is 6.33 Å². The zero-order chi connectivity index (χ0) is 23.5. The predicted octanol–water partition coefficient (Wildman–Crippen LogP) is 6.88. The lowest BCUT2D eigenvalue weighted by Gasteiger charge is -2.07. The minimum atomic E-state index is 0.145. The monoisotopic (exact) mass is 493 g/mol. The summed E-state index contributed by atoms with van der Waals surface area (Å²) in [6, 6.07) is 0. The zero-order valence-corrected chi connectivity index (χ0v) is 21.6. The maximum absolute atomic E-state index is 6.27. The number of imidazole rings is 1. The molecule has 3 heterocycles. The first-order valence-electron chi connectivity index (χ1n) is 12.4. The lowest BCUT2D eigenvalue weighted by atomic mass is 10.0. The highest BCUT2D eigenvalue weighted by Crippen LogP contribution is 2.24. The molecule has 3 aromatic rings. The van der Waals surface area contributed by atoms with Crippen molar-refractivity contribution in [1.29, 1.82) is 0 Å². The van der Waals surface area contributed by atoms with Crippen LogP contribution in [0.25, 0.3) is 11.2 Å². The SMILES string of the molecule is Cc1nc2nc(Cl)nc(Cl)c2n1CCCCCCCCCCCCCCCc1nncn1C. The van der Waals surface area contributed by atoms with E-state index in [2.05, 4.69) is 29.7 Å². The molecule has 0 aliphatic carbocycles. The molecule has 0 bridgehead atoms. The Bertz CT molecular complexity index is 983. The van der Waals surface area contributed by atoms with Crippen LogP contribution in [0.3, 0.4) is 0 Å². The molecule has 0 unspecified atom stereocenters. The van der Waals surface area contributed by atoms with Crippen LogP contribution in [0.2, 0.25) is 10.4 Å². The van der Waals surface area contributed by atoms with Gasteiger partial charge in [-0.15, -0.1) is 10.2 Å². The normalized spacial score (nSPS) is 11.6. The van der Waals surface area contributed by atoms with Crippen LogP contribution in [-0.2, 0) is 20.0 Å². The molecule has 0 N–H and O–H groups in total. The average Bonchev–Trinajstić information content (AvgIpc) is 3.32. The first-order chi connectivity index (χ1) is 16.1. The molecule has 33 heavy (non-hydrogen) atoms. The van der Waals surface area contributed by atoms with E-state index in [9.17, 15) is 0 Å². The van der Waals surface area contributed by atoms with Gasteiger partial charge in [0.15, 0.2) is 10.8 Å². The summed E-state index contributed by atoms with van der Waals surface area (Å²) < 4.78 is 4.13. The lowest BCUT2D eigenvalue weighted by molar-refractivity contribution is 0.524. The molecule has 0 radical (unpaired) electrons. The number of rotatable bonds is 16. The van der Waals surface area contributed by atoms with Gasteiger partial charge in [0.25, 0.3) is 0 Å². The molecule has 0 aromatic carbocycles. The van der Waals surface area contributed by atoms with E-state index in [-0.39, 0.29) is 5.28 Å². The van der Waals surface area contributed by atoms with Crippen LogP contribution < -0.4 is 0 Å². The summed E-state index contributed by atoms with van der Waals surface area (Å²) in [5.41, 5.74) is 1.38. The fraction of sp³-hybridized carbons (Fsp3) is 0.708. The summed E-state index contributed by atoms with van der Waals surface area (Å²) in [4.78, 5) is 12.7. The molecule has 0 saturated carbocycles. The molecule has 0 atom stereocenters. The zero-order valence-electron chi connectivity index (χ0n) is 20.1. The highest BCUT2D eigenvalue weighted by Gasteiger charge is 2.14. The molecule has 0 fully saturated rings. The average molecular weight is 495 g/mol. The van der Waals surface area contributed by atoms with E-state index < -0.39 is 0 Å². The Morgan fingerprint density at radius 1 is 0.758 bits per heavy atom. The van der Waals surface area contributed by atoms with Gasteiger partial charge in [-0.1, -0.05) is 82.2 Å². The molecule has 0 aliphatic heterocycles. The number of hydrogen-bond donors (Lipinski definition) is 0. The van der Waals surface area contributed by atoms with Crippen molar-refractivity contribution in [3.05, 3.63) is 28.4 Å².